The van der Waals surface area contributed by atoms with Crippen molar-refractivity contribution < 1.29 is 19.1 Å². The van der Waals surface area contributed by atoms with Crippen molar-refractivity contribution in [3.05, 3.63) is 42.1 Å². The van der Waals surface area contributed by atoms with Crippen LogP contribution < -0.4 is 19.7 Å². The number of carbonyl (C=O) groups excluding carboxylic acids is 2. The van der Waals surface area contributed by atoms with Crippen molar-refractivity contribution in [2.24, 2.45) is 5.92 Å². The van der Waals surface area contributed by atoms with Gasteiger partial charge >= 0.3 is 0 Å². The summed E-state index contributed by atoms with van der Waals surface area (Å²) in [7, 11) is 3.21. The number of nitrogens with one attached hydrogen (secondary N) is 1. The standard InChI is InChI=1S/C25H32N4O4/c1-32-21-9-8-18(15-22(21)33-2)10-14-29-17-19(16-23(29)30)25(31)27-20-7-6-11-26-24(20)28-12-4-3-5-13-28/h6-9,11,15,19H,3-5,10,12-14,16-17H2,1-2H3,(H,27,31). The Morgan fingerprint density at radius 2 is 1.91 bits per heavy atom. The predicted octanol–water partition coefficient (Wildman–Crippen LogP) is 3.12. The summed E-state index contributed by atoms with van der Waals surface area (Å²) in [6.07, 6.45) is 6.17. The summed E-state index contributed by atoms with van der Waals surface area (Å²) in [4.78, 5) is 34.1. The second-order valence-electron chi connectivity index (χ2n) is 8.59. The van der Waals surface area contributed by atoms with Crippen molar-refractivity contribution in [2.75, 3.05) is 50.6 Å². The third-order valence-corrected chi connectivity index (χ3v) is 6.40. The molecule has 2 aliphatic heterocycles. The van der Waals surface area contributed by atoms with Crippen LogP contribution >= 0.6 is 0 Å². The Balaban J connectivity index is 1.35. The van der Waals surface area contributed by atoms with Crippen molar-refractivity contribution in [3.63, 3.8) is 0 Å². The van der Waals surface area contributed by atoms with Crippen LogP contribution in [0.4, 0.5) is 11.5 Å². The maximum absolute atomic E-state index is 13.0. The molecule has 3 heterocycles. The number of benzene rings is 1. The Morgan fingerprint density at radius 1 is 1.12 bits per heavy atom. The maximum atomic E-state index is 13.0. The molecule has 8 heteroatoms. The smallest absolute Gasteiger partial charge is 0.229 e. The number of hydrogen-bond donors (Lipinski definition) is 1. The van der Waals surface area contributed by atoms with Crippen molar-refractivity contribution in [1.82, 2.24) is 9.88 Å². The van der Waals surface area contributed by atoms with E-state index in [-0.39, 0.29) is 24.2 Å². The van der Waals surface area contributed by atoms with Crippen LogP contribution in [0.5, 0.6) is 11.5 Å². The first-order chi connectivity index (χ1) is 16.1. The largest absolute Gasteiger partial charge is 0.493 e. The van der Waals surface area contributed by atoms with Gasteiger partial charge in [-0.3, -0.25) is 9.59 Å². The summed E-state index contributed by atoms with van der Waals surface area (Å²) in [5.74, 6) is 1.69. The van der Waals surface area contributed by atoms with E-state index in [0.29, 0.717) is 31.0 Å². The fraction of sp³-hybridized carbons (Fsp3) is 0.480. The molecule has 2 fully saturated rings. The Hall–Kier alpha value is -3.29. The Kier molecular flexibility index (Phi) is 7.32. The number of methoxy groups -OCH3 is 2. The van der Waals surface area contributed by atoms with Crippen molar-refractivity contribution in [1.29, 1.82) is 0 Å². The monoisotopic (exact) mass is 452 g/mol. The zero-order chi connectivity index (χ0) is 23.2. The molecule has 4 rings (SSSR count). The van der Waals surface area contributed by atoms with Crippen LogP contribution in [0, 0.1) is 5.92 Å². The number of hydrogen-bond acceptors (Lipinski definition) is 6. The summed E-state index contributed by atoms with van der Waals surface area (Å²) >= 11 is 0. The lowest BCUT2D eigenvalue weighted by Gasteiger charge is -2.29. The zero-order valence-electron chi connectivity index (χ0n) is 19.4. The van der Waals surface area contributed by atoms with Crippen LogP contribution in [0.15, 0.2) is 36.5 Å². The van der Waals surface area contributed by atoms with Gasteiger partial charge in [0.15, 0.2) is 17.3 Å². The van der Waals surface area contributed by atoms with Gasteiger partial charge in [0.1, 0.15) is 0 Å². The number of anilines is 2. The molecule has 1 aromatic carbocycles. The van der Waals surface area contributed by atoms with Gasteiger partial charge in [0.2, 0.25) is 11.8 Å². The minimum Gasteiger partial charge on any atom is -0.493 e. The number of amides is 2. The van der Waals surface area contributed by atoms with Crippen LogP contribution in [0.25, 0.3) is 0 Å². The van der Waals surface area contributed by atoms with Gasteiger partial charge in [-0.1, -0.05) is 6.07 Å². The van der Waals surface area contributed by atoms with Gasteiger partial charge in [-0.05, 0) is 55.5 Å². The lowest BCUT2D eigenvalue weighted by Crippen LogP contribution is -2.32. The SMILES string of the molecule is COc1ccc(CCN2CC(C(=O)Nc3cccnc3N3CCCCC3)CC2=O)cc1OC. The average Bonchev–Trinajstić information content (AvgIpc) is 3.24. The van der Waals surface area contributed by atoms with E-state index in [1.165, 1.54) is 6.42 Å². The van der Waals surface area contributed by atoms with Crippen molar-refractivity contribution in [2.45, 2.75) is 32.1 Å². The number of rotatable bonds is 8. The lowest BCUT2D eigenvalue weighted by molar-refractivity contribution is -0.128. The third-order valence-electron chi connectivity index (χ3n) is 6.40. The number of piperidine rings is 1. The van der Waals surface area contributed by atoms with Crippen LogP contribution in [-0.4, -0.2) is 62.1 Å². The van der Waals surface area contributed by atoms with Gasteiger partial charge in [0.25, 0.3) is 0 Å². The van der Waals surface area contributed by atoms with Gasteiger partial charge in [0.05, 0.1) is 25.8 Å². The average molecular weight is 453 g/mol. The number of pyridine rings is 1. The van der Waals surface area contributed by atoms with E-state index in [2.05, 4.69) is 15.2 Å². The van der Waals surface area contributed by atoms with Crippen LogP contribution in [0.2, 0.25) is 0 Å². The number of aromatic nitrogens is 1. The van der Waals surface area contributed by atoms with E-state index in [1.807, 2.05) is 30.3 Å². The highest BCUT2D eigenvalue weighted by Gasteiger charge is 2.34. The molecule has 0 aliphatic carbocycles. The number of ether oxygens (including phenoxy) is 2. The molecule has 1 N–H and O–H groups in total. The minimum atomic E-state index is -0.364. The summed E-state index contributed by atoms with van der Waals surface area (Å²) < 4.78 is 10.6. The number of carbonyl (C=O) groups is 2. The fourth-order valence-corrected chi connectivity index (χ4v) is 4.55. The minimum absolute atomic E-state index is 0.0121. The summed E-state index contributed by atoms with van der Waals surface area (Å²) in [5, 5.41) is 3.04. The van der Waals surface area contributed by atoms with Crippen molar-refractivity contribution >= 4 is 23.3 Å². The number of likely N-dealkylation sites (tertiary alicyclic amines) is 1. The molecule has 2 saturated heterocycles. The first-order valence-electron chi connectivity index (χ1n) is 11.6. The topological polar surface area (TPSA) is 84.0 Å². The van der Waals surface area contributed by atoms with E-state index < -0.39 is 0 Å². The summed E-state index contributed by atoms with van der Waals surface area (Å²) in [6, 6.07) is 9.48. The second-order valence-corrected chi connectivity index (χ2v) is 8.59. The van der Waals surface area contributed by atoms with Crippen LogP contribution in [-0.2, 0) is 16.0 Å². The molecule has 2 amide bonds. The zero-order valence-corrected chi connectivity index (χ0v) is 19.4. The van der Waals surface area contributed by atoms with E-state index >= 15 is 0 Å². The molecular formula is C25H32N4O4. The van der Waals surface area contributed by atoms with Gasteiger partial charge in [0, 0.05) is 38.8 Å². The molecule has 2 aliphatic rings. The van der Waals surface area contributed by atoms with Gasteiger partial charge in [-0.25, -0.2) is 4.98 Å². The first kappa shape index (κ1) is 22.9. The Bertz CT molecular complexity index is 990. The van der Waals surface area contributed by atoms with Crippen molar-refractivity contribution in [3.8, 4) is 11.5 Å². The maximum Gasteiger partial charge on any atom is 0.229 e. The quantitative estimate of drug-likeness (QED) is 0.663. The van der Waals surface area contributed by atoms with E-state index in [4.69, 9.17) is 9.47 Å². The van der Waals surface area contributed by atoms with Gasteiger partial charge in [-0.15, -0.1) is 0 Å². The first-order valence-corrected chi connectivity index (χ1v) is 11.6. The Labute approximate surface area is 194 Å². The molecule has 0 spiro atoms. The molecule has 0 saturated carbocycles. The van der Waals surface area contributed by atoms with E-state index in [9.17, 15) is 9.59 Å². The molecule has 0 bridgehead atoms. The Morgan fingerprint density at radius 3 is 2.67 bits per heavy atom. The predicted molar refractivity (Wildman–Crippen MR) is 127 cm³/mol. The summed E-state index contributed by atoms with van der Waals surface area (Å²) in [5.41, 5.74) is 1.77. The highest BCUT2D eigenvalue weighted by Crippen LogP contribution is 2.29. The third kappa shape index (κ3) is 5.38. The number of nitrogens with zero attached hydrogens (tertiary/aromatic N) is 3. The summed E-state index contributed by atoms with van der Waals surface area (Å²) in [6.45, 7) is 2.89. The molecule has 176 valence electrons. The molecule has 2 aromatic rings. The molecule has 0 radical (unpaired) electrons. The van der Waals surface area contributed by atoms with Crippen LogP contribution in [0.3, 0.4) is 0 Å². The second kappa shape index (κ2) is 10.6. The highest BCUT2D eigenvalue weighted by molar-refractivity contribution is 5.98. The van der Waals surface area contributed by atoms with Gasteiger partial charge in [-0.2, -0.15) is 0 Å². The fourth-order valence-electron chi connectivity index (χ4n) is 4.55. The van der Waals surface area contributed by atoms with E-state index in [0.717, 1.165) is 43.0 Å². The molecule has 1 atom stereocenters. The lowest BCUT2D eigenvalue weighted by atomic mass is 10.1. The van der Waals surface area contributed by atoms with Crippen LogP contribution in [0.1, 0.15) is 31.2 Å². The molecular weight excluding hydrogens is 420 g/mol. The van der Waals surface area contributed by atoms with Gasteiger partial charge < -0.3 is 24.6 Å². The molecule has 8 nitrogen and oxygen atoms in total. The molecule has 1 aromatic heterocycles. The van der Waals surface area contributed by atoms with E-state index in [1.54, 1.807) is 25.3 Å². The normalized spacial score (nSPS) is 18.4. The highest BCUT2D eigenvalue weighted by atomic mass is 16.5. The molecule has 1 unspecified atom stereocenters. The molecule has 33 heavy (non-hydrogen) atoms.